The summed E-state index contributed by atoms with van der Waals surface area (Å²) in [7, 11) is 2.14. The largest absolute Gasteiger partial charge is 0.334 e. The van der Waals surface area contributed by atoms with Crippen LogP contribution < -0.4 is 0 Å². The van der Waals surface area contributed by atoms with E-state index in [2.05, 4.69) is 48.9 Å². The Balaban J connectivity index is 1.71. The molecule has 1 fully saturated rings. The molecule has 22 heavy (non-hydrogen) atoms. The second kappa shape index (κ2) is 6.41. The zero-order valence-electron chi connectivity index (χ0n) is 14.1. The number of benzene rings is 1. The monoisotopic (exact) mass is 300 g/mol. The van der Waals surface area contributed by atoms with Gasteiger partial charge in [0, 0.05) is 25.2 Å². The average molecular weight is 300 g/mol. The second-order valence-corrected chi connectivity index (χ2v) is 7.21. The highest BCUT2D eigenvalue weighted by molar-refractivity contribution is 5.79. The smallest absolute Gasteiger partial charge is 0.227 e. The van der Waals surface area contributed by atoms with Crippen LogP contribution in [0.15, 0.2) is 18.2 Å². The fourth-order valence-electron chi connectivity index (χ4n) is 4.24. The minimum atomic E-state index is 0.281. The third-order valence-electron chi connectivity index (χ3n) is 5.16. The topological polar surface area (TPSA) is 23.6 Å². The van der Waals surface area contributed by atoms with Crippen molar-refractivity contribution in [1.82, 2.24) is 9.80 Å². The van der Waals surface area contributed by atoms with E-state index in [1.807, 2.05) is 0 Å². The van der Waals surface area contributed by atoms with Gasteiger partial charge in [-0.3, -0.25) is 4.79 Å². The van der Waals surface area contributed by atoms with Gasteiger partial charge in [0.1, 0.15) is 0 Å². The molecule has 1 saturated heterocycles. The summed E-state index contributed by atoms with van der Waals surface area (Å²) in [4.78, 5) is 17.2. The van der Waals surface area contributed by atoms with Crippen molar-refractivity contribution in [3.8, 4) is 0 Å². The van der Waals surface area contributed by atoms with E-state index in [0.29, 0.717) is 18.5 Å². The molecule has 0 bridgehead atoms. The first-order chi connectivity index (χ1) is 10.5. The number of carbonyl (C=O) groups excluding carboxylic acids is 1. The van der Waals surface area contributed by atoms with Gasteiger partial charge in [0.05, 0.1) is 6.42 Å². The van der Waals surface area contributed by atoms with Gasteiger partial charge in [-0.15, -0.1) is 0 Å². The highest BCUT2D eigenvalue weighted by Gasteiger charge is 2.31. The van der Waals surface area contributed by atoms with E-state index in [1.165, 1.54) is 42.4 Å². The lowest BCUT2D eigenvalue weighted by Crippen LogP contribution is -2.57. The second-order valence-electron chi connectivity index (χ2n) is 7.21. The van der Waals surface area contributed by atoms with Crippen LogP contribution >= 0.6 is 0 Å². The molecule has 1 aromatic carbocycles. The van der Waals surface area contributed by atoms with Crippen molar-refractivity contribution < 1.29 is 4.79 Å². The van der Waals surface area contributed by atoms with Crippen LogP contribution in [-0.4, -0.2) is 47.9 Å². The fraction of sp³-hybridized carbons (Fsp3) is 0.632. The minimum Gasteiger partial charge on any atom is -0.334 e. The van der Waals surface area contributed by atoms with Gasteiger partial charge in [-0.1, -0.05) is 18.2 Å². The molecule has 1 amide bonds. The number of likely N-dealkylation sites (N-methyl/N-ethyl adjacent to an activating group) is 1. The Morgan fingerprint density at radius 3 is 2.41 bits per heavy atom. The Morgan fingerprint density at radius 1 is 1.09 bits per heavy atom. The van der Waals surface area contributed by atoms with Gasteiger partial charge in [-0.2, -0.15) is 0 Å². The lowest BCUT2D eigenvalue weighted by atomic mass is 9.90. The Morgan fingerprint density at radius 2 is 1.73 bits per heavy atom. The van der Waals surface area contributed by atoms with Gasteiger partial charge in [-0.25, -0.2) is 0 Å². The molecule has 120 valence electrons. The van der Waals surface area contributed by atoms with Crippen molar-refractivity contribution in [2.75, 3.05) is 20.1 Å². The molecule has 2 aliphatic rings. The molecule has 0 saturated carbocycles. The summed E-state index contributed by atoms with van der Waals surface area (Å²) in [6.45, 7) is 6.27. The minimum absolute atomic E-state index is 0.281. The Hall–Kier alpha value is -1.35. The number of amides is 1. The molecule has 0 N–H and O–H groups in total. The van der Waals surface area contributed by atoms with Crippen LogP contribution in [0.2, 0.25) is 0 Å². The molecule has 3 nitrogen and oxygen atoms in total. The molecule has 3 heteroatoms. The molecule has 0 spiro atoms. The highest BCUT2D eigenvalue weighted by atomic mass is 16.2. The molecule has 0 radical (unpaired) electrons. The Labute approximate surface area is 134 Å². The van der Waals surface area contributed by atoms with E-state index in [4.69, 9.17) is 0 Å². The quantitative estimate of drug-likeness (QED) is 0.838. The van der Waals surface area contributed by atoms with Crippen LogP contribution in [0.4, 0.5) is 0 Å². The highest BCUT2D eigenvalue weighted by Crippen LogP contribution is 2.23. The predicted molar refractivity (Wildman–Crippen MR) is 90.1 cm³/mol. The first-order valence-electron chi connectivity index (χ1n) is 8.65. The summed E-state index contributed by atoms with van der Waals surface area (Å²) in [5.41, 5.74) is 4.14. The SMILES string of the molecule is C[C@@H]1CN(C)C[C@H](C)N1C(=O)Cc1ccc2c(c1)CCCC2. The van der Waals surface area contributed by atoms with E-state index < -0.39 is 0 Å². The number of fused-ring (bicyclic) bond motifs is 1. The van der Waals surface area contributed by atoms with Gasteiger partial charge in [-0.05, 0) is 63.3 Å². The molecule has 3 rings (SSSR count). The van der Waals surface area contributed by atoms with Gasteiger partial charge >= 0.3 is 0 Å². The van der Waals surface area contributed by atoms with Crippen LogP contribution in [-0.2, 0) is 24.1 Å². The number of hydrogen-bond acceptors (Lipinski definition) is 2. The maximum absolute atomic E-state index is 12.8. The normalized spacial score (nSPS) is 25.9. The van der Waals surface area contributed by atoms with Crippen molar-refractivity contribution in [1.29, 1.82) is 0 Å². The number of nitrogens with zero attached hydrogens (tertiary/aromatic N) is 2. The summed E-state index contributed by atoms with van der Waals surface area (Å²) >= 11 is 0. The molecule has 1 aliphatic carbocycles. The third kappa shape index (κ3) is 3.19. The molecule has 0 aromatic heterocycles. The third-order valence-corrected chi connectivity index (χ3v) is 5.16. The summed E-state index contributed by atoms with van der Waals surface area (Å²) < 4.78 is 0. The van der Waals surface area contributed by atoms with E-state index in [9.17, 15) is 4.79 Å². The van der Waals surface area contributed by atoms with Crippen molar-refractivity contribution in [2.24, 2.45) is 0 Å². The standard InChI is InChI=1S/C19H28N2O/c1-14-12-20(3)13-15(2)21(14)19(22)11-16-8-9-17-6-4-5-7-18(17)10-16/h8-10,14-15H,4-7,11-13H2,1-3H3/t14-,15+. The molecule has 1 heterocycles. The summed E-state index contributed by atoms with van der Waals surface area (Å²) in [5, 5.41) is 0. The summed E-state index contributed by atoms with van der Waals surface area (Å²) in [6, 6.07) is 7.29. The molecule has 2 atom stereocenters. The van der Waals surface area contributed by atoms with Crippen molar-refractivity contribution in [3.05, 3.63) is 34.9 Å². The van der Waals surface area contributed by atoms with Crippen LogP contribution in [0.3, 0.4) is 0 Å². The Bertz CT molecular complexity index is 542. The maximum atomic E-state index is 12.8. The fourth-order valence-corrected chi connectivity index (χ4v) is 4.24. The van der Waals surface area contributed by atoms with Gasteiger partial charge in [0.25, 0.3) is 0 Å². The molecular weight excluding hydrogens is 272 g/mol. The van der Waals surface area contributed by atoms with Crippen LogP contribution in [0.25, 0.3) is 0 Å². The summed E-state index contributed by atoms with van der Waals surface area (Å²) in [5.74, 6) is 0.281. The zero-order chi connectivity index (χ0) is 15.7. The first kappa shape index (κ1) is 15.5. The van der Waals surface area contributed by atoms with Gasteiger partial charge in [0.15, 0.2) is 0 Å². The molecule has 1 aliphatic heterocycles. The van der Waals surface area contributed by atoms with E-state index in [-0.39, 0.29) is 5.91 Å². The lowest BCUT2D eigenvalue weighted by molar-refractivity contribution is -0.137. The summed E-state index contributed by atoms with van der Waals surface area (Å²) in [6.07, 6.45) is 5.53. The lowest BCUT2D eigenvalue weighted by Gasteiger charge is -2.43. The van der Waals surface area contributed by atoms with Crippen LogP contribution in [0, 0.1) is 0 Å². The van der Waals surface area contributed by atoms with Crippen LogP contribution in [0.1, 0.15) is 43.4 Å². The van der Waals surface area contributed by atoms with Gasteiger partial charge < -0.3 is 9.80 Å². The van der Waals surface area contributed by atoms with Crippen molar-refractivity contribution in [2.45, 2.75) is 58.0 Å². The van der Waals surface area contributed by atoms with Gasteiger partial charge in [0.2, 0.25) is 5.91 Å². The molecule has 1 aromatic rings. The number of aryl methyl sites for hydroxylation is 2. The number of carbonyl (C=O) groups is 1. The average Bonchev–Trinajstić information content (AvgIpc) is 2.46. The van der Waals surface area contributed by atoms with E-state index >= 15 is 0 Å². The zero-order valence-corrected chi connectivity index (χ0v) is 14.1. The number of hydrogen-bond donors (Lipinski definition) is 0. The number of rotatable bonds is 2. The molecular formula is C19H28N2O. The van der Waals surface area contributed by atoms with Crippen molar-refractivity contribution >= 4 is 5.91 Å². The number of piperazine rings is 1. The van der Waals surface area contributed by atoms with E-state index in [1.54, 1.807) is 0 Å². The van der Waals surface area contributed by atoms with Crippen molar-refractivity contribution in [3.63, 3.8) is 0 Å². The van der Waals surface area contributed by atoms with Crippen LogP contribution in [0.5, 0.6) is 0 Å². The Kier molecular flexibility index (Phi) is 4.53. The predicted octanol–water partition coefficient (Wildman–Crippen LogP) is 2.66. The first-order valence-corrected chi connectivity index (χ1v) is 8.65. The molecule has 0 unspecified atom stereocenters. The maximum Gasteiger partial charge on any atom is 0.227 e. The van der Waals surface area contributed by atoms with E-state index in [0.717, 1.165) is 13.1 Å².